The Morgan fingerprint density at radius 3 is 2.52 bits per heavy atom. The molecule has 7 heteroatoms. The van der Waals surface area contributed by atoms with E-state index in [0.29, 0.717) is 25.5 Å². The van der Waals surface area contributed by atoms with Gasteiger partial charge in [-0.3, -0.25) is 4.79 Å². The van der Waals surface area contributed by atoms with Gasteiger partial charge in [0, 0.05) is 25.7 Å². The number of benzene rings is 1. The van der Waals surface area contributed by atoms with Crippen LogP contribution in [0.4, 0.5) is 11.6 Å². The Bertz CT molecular complexity index is 664. The molecule has 0 saturated carbocycles. The summed E-state index contributed by atoms with van der Waals surface area (Å²) in [6.45, 7) is 6.21. The molecular formula is C18H25N5O2. The molecule has 0 spiro atoms. The Labute approximate surface area is 148 Å². The van der Waals surface area contributed by atoms with Gasteiger partial charge in [-0.1, -0.05) is 30.3 Å². The van der Waals surface area contributed by atoms with E-state index in [1.54, 1.807) is 0 Å². The molecule has 1 heterocycles. The number of nitrogens with one attached hydrogen (secondary N) is 3. The molecule has 0 unspecified atom stereocenters. The molecule has 1 aromatic heterocycles. The molecule has 3 N–H and O–H groups in total. The molecule has 0 aliphatic carbocycles. The quantitative estimate of drug-likeness (QED) is 0.572. The second kappa shape index (κ2) is 10.2. The number of hydrogen-bond donors (Lipinski definition) is 3. The maximum absolute atomic E-state index is 11.7. The number of amides is 1. The van der Waals surface area contributed by atoms with Crippen molar-refractivity contribution in [2.24, 2.45) is 0 Å². The maximum Gasteiger partial charge on any atom is 0.246 e. The van der Waals surface area contributed by atoms with Gasteiger partial charge in [-0.2, -0.15) is 0 Å². The average molecular weight is 343 g/mol. The van der Waals surface area contributed by atoms with Crippen LogP contribution in [0.15, 0.2) is 36.4 Å². The molecular weight excluding hydrogens is 318 g/mol. The van der Waals surface area contributed by atoms with Gasteiger partial charge in [0.25, 0.3) is 0 Å². The fourth-order valence-electron chi connectivity index (χ4n) is 2.21. The molecule has 0 aliphatic heterocycles. The summed E-state index contributed by atoms with van der Waals surface area (Å²) in [4.78, 5) is 20.3. The van der Waals surface area contributed by atoms with Crippen LogP contribution in [0.25, 0.3) is 0 Å². The van der Waals surface area contributed by atoms with Crippen LogP contribution in [-0.2, 0) is 16.1 Å². The predicted octanol–water partition coefficient (Wildman–Crippen LogP) is 1.96. The van der Waals surface area contributed by atoms with Crippen LogP contribution in [0.1, 0.15) is 18.3 Å². The van der Waals surface area contributed by atoms with Gasteiger partial charge in [0.1, 0.15) is 24.1 Å². The Hall–Kier alpha value is -2.67. The second-order valence-electron chi connectivity index (χ2n) is 5.47. The van der Waals surface area contributed by atoms with Crippen molar-refractivity contribution in [3.05, 3.63) is 47.8 Å². The van der Waals surface area contributed by atoms with Crippen LogP contribution in [-0.4, -0.2) is 42.1 Å². The fraction of sp³-hybridized carbons (Fsp3) is 0.389. The lowest BCUT2D eigenvalue weighted by Crippen LogP contribution is -2.31. The first-order valence-corrected chi connectivity index (χ1v) is 8.39. The minimum Gasteiger partial charge on any atom is -0.370 e. The molecule has 134 valence electrons. The van der Waals surface area contributed by atoms with Gasteiger partial charge in [-0.05, 0) is 19.4 Å². The number of carbonyl (C=O) groups is 1. The van der Waals surface area contributed by atoms with E-state index in [4.69, 9.17) is 4.74 Å². The van der Waals surface area contributed by atoms with Crippen molar-refractivity contribution in [2.75, 3.05) is 36.9 Å². The molecule has 2 aromatic rings. The fourth-order valence-corrected chi connectivity index (χ4v) is 2.21. The van der Waals surface area contributed by atoms with Crippen molar-refractivity contribution in [3.8, 4) is 0 Å². The molecule has 1 aromatic carbocycles. The lowest BCUT2D eigenvalue weighted by atomic mass is 10.2. The number of hydrogen-bond acceptors (Lipinski definition) is 6. The Kier molecular flexibility index (Phi) is 7.65. The van der Waals surface area contributed by atoms with E-state index in [0.717, 1.165) is 23.7 Å². The third kappa shape index (κ3) is 7.17. The standard InChI is InChI=1S/C18H25N5O2/c1-3-19-16-11-17(23-14(2)22-16)20-9-10-21-18(24)13-25-12-15-7-5-4-6-8-15/h4-8,11H,3,9-10,12-13H2,1-2H3,(H,21,24)(H2,19,20,22,23). The lowest BCUT2D eigenvalue weighted by molar-refractivity contribution is -0.126. The van der Waals surface area contributed by atoms with E-state index < -0.39 is 0 Å². The second-order valence-corrected chi connectivity index (χ2v) is 5.47. The summed E-state index contributed by atoms with van der Waals surface area (Å²) in [7, 11) is 0. The van der Waals surface area contributed by atoms with Crippen molar-refractivity contribution >= 4 is 17.5 Å². The monoisotopic (exact) mass is 343 g/mol. The molecule has 0 atom stereocenters. The summed E-state index contributed by atoms with van der Waals surface area (Å²) in [5.41, 5.74) is 1.05. The van der Waals surface area contributed by atoms with E-state index in [2.05, 4.69) is 25.9 Å². The summed E-state index contributed by atoms with van der Waals surface area (Å²) >= 11 is 0. The molecule has 1 amide bonds. The zero-order valence-electron chi connectivity index (χ0n) is 14.7. The predicted molar refractivity (Wildman–Crippen MR) is 98.5 cm³/mol. The third-order valence-electron chi connectivity index (χ3n) is 3.29. The molecule has 0 radical (unpaired) electrons. The van der Waals surface area contributed by atoms with Crippen LogP contribution in [0, 0.1) is 6.92 Å². The van der Waals surface area contributed by atoms with Crippen molar-refractivity contribution in [3.63, 3.8) is 0 Å². The van der Waals surface area contributed by atoms with Crippen LogP contribution in [0.2, 0.25) is 0 Å². The zero-order valence-corrected chi connectivity index (χ0v) is 14.7. The highest BCUT2D eigenvalue weighted by atomic mass is 16.5. The van der Waals surface area contributed by atoms with Crippen LogP contribution >= 0.6 is 0 Å². The smallest absolute Gasteiger partial charge is 0.246 e. The van der Waals surface area contributed by atoms with E-state index in [1.165, 1.54) is 0 Å². The summed E-state index contributed by atoms with van der Waals surface area (Å²) in [6, 6.07) is 11.6. The number of rotatable bonds is 10. The number of carbonyl (C=O) groups excluding carboxylic acids is 1. The van der Waals surface area contributed by atoms with Gasteiger partial charge in [-0.25, -0.2) is 9.97 Å². The largest absolute Gasteiger partial charge is 0.370 e. The van der Waals surface area contributed by atoms with E-state index in [1.807, 2.05) is 50.2 Å². The van der Waals surface area contributed by atoms with Crippen LogP contribution in [0.5, 0.6) is 0 Å². The molecule has 0 fully saturated rings. The number of nitrogens with zero attached hydrogens (tertiary/aromatic N) is 2. The van der Waals surface area contributed by atoms with Gasteiger partial charge in [-0.15, -0.1) is 0 Å². The summed E-state index contributed by atoms with van der Waals surface area (Å²) in [6.07, 6.45) is 0. The van der Waals surface area contributed by atoms with E-state index in [-0.39, 0.29) is 12.5 Å². The van der Waals surface area contributed by atoms with Gasteiger partial charge in [0.2, 0.25) is 5.91 Å². The molecule has 0 bridgehead atoms. The Morgan fingerprint density at radius 2 is 1.80 bits per heavy atom. The van der Waals surface area contributed by atoms with Gasteiger partial charge >= 0.3 is 0 Å². The minimum absolute atomic E-state index is 0.0477. The third-order valence-corrected chi connectivity index (χ3v) is 3.29. The highest BCUT2D eigenvalue weighted by molar-refractivity contribution is 5.77. The lowest BCUT2D eigenvalue weighted by Gasteiger charge is -2.10. The van der Waals surface area contributed by atoms with Gasteiger partial charge in [0.05, 0.1) is 6.61 Å². The van der Waals surface area contributed by atoms with Crippen molar-refractivity contribution in [1.82, 2.24) is 15.3 Å². The Balaban J connectivity index is 1.63. The molecule has 0 saturated heterocycles. The topological polar surface area (TPSA) is 88.2 Å². The first-order chi connectivity index (χ1) is 12.2. The normalized spacial score (nSPS) is 10.3. The molecule has 25 heavy (non-hydrogen) atoms. The van der Waals surface area contributed by atoms with Crippen molar-refractivity contribution < 1.29 is 9.53 Å². The highest BCUT2D eigenvalue weighted by Crippen LogP contribution is 2.10. The summed E-state index contributed by atoms with van der Waals surface area (Å²) in [5.74, 6) is 2.08. The van der Waals surface area contributed by atoms with Gasteiger partial charge < -0.3 is 20.7 Å². The van der Waals surface area contributed by atoms with Crippen molar-refractivity contribution in [2.45, 2.75) is 20.5 Å². The minimum atomic E-state index is -0.134. The highest BCUT2D eigenvalue weighted by Gasteiger charge is 2.03. The molecule has 2 rings (SSSR count). The van der Waals surface area contributed by atoms with Crippen molar-refractivity contribution in [1.29, 1.82) is 0 Å². The molecule has 7 nitrogen and oxygen atoms in total. The number of aryl methyl sites for hydroxylation is 1. The van der Waals surface area contributed by atoms with Crippen LogP contribution < -0.4 is 16.0 Å². The number of anilines is 2. The zero-order chi connectivity index (χ0) is 17.9. The summed E-state index contributed by atoms with van der Waals surface area (Å²) < 4.78 is 5.39. The summed E-state index contributed by atoms with van der Waals surface area (Å²) in [5, 5.41) is 9.14. The first-order valence-electron chi connectivity index (χ1n) is 8.39. The van der Waals surface area contributed by atoms with Crippen LogP contribution in [0.3, 0.4) is 0 Å². The van der Waals surface area contributed by atoms with E-state index in [9.17, 15) is 4.79 Å². The SMILES string of the molecule is CCNc1cc(NCCNC(=O)COCc2ccccc2)nc(C)n1. The average Bonchev–Trinajstić information content (AvgIpc) is 2.59. The maximum atomic E-state index is 11.7. The van der Waals surface area contributed by atoms with E-state index >= 15 is 0 Å². The number of ether oxygens (including phenoxy) is 1. The first kappa shape index (κ1) is 18.7. The number of aromatic nitrogens is 2. The molecule has 0 aliphatic rings. The Morgan fingerprint density at radius 1 is 1.08 bits per heavy atom. The van der Waals surface area contributed by atoms with Gasteiger partial charge in [0.15, 0.2) is 0 Å².